The Kier molecular flexibility index (Phi) is 4.97. The molecule has 1 aromatic heterocycles. The van der Waals surface area contributed by atoms with E-state index in [1.807, 2.05) is 26.0 Å². The summed E-state index contributed by atoms with van der Waals surface area (Å²) in [6.45, 7) is 3.84. The molecule has 2 aromatic rings. The summed E-state index contributed by atoms with van der Waals surface area (Å²) < 4.78 is 5.70. The number of nitrogens with zero attached hydrogens (tertiary/aromatic N) is 1. The van der Waals surface area contributed by atoms with Gasteiger partial charge in [0.1, 0.15) is 11.4 Å². The molecule has 0 radical (unpaired) electrons. The second-order valence-electron chi connectivity index (χ2n) is 6.29. The monoisotopic (exact) mass is 339 g/mol. The minimum Gasteiger partial charge on any atom is -0.489 e. The van der Waals surface area contributed by atoms with Crippen LogP contribution in [0.2, 0.25) is 0 Å². The summed E-state index contributed by atoms with van der Waals surface area (Å²) in [6, 6.07) is 10.6. The molecule has 0 spiro atoms. The second kappa shape index (κ2) is 7.34. The van der Waals surface area contributed by atoms with Crippen molar-refractivity contribution in [3.05, 3.63) is 53.9 Å². The topological polar surface area (TPSA) is 80.3 Å². The summed E-state index contributed by atoms with van der Waals surface area (Å²) in [6.07, 6.45) is 3.48. The summed E-state index contributed by atoms with van der Waals surface area (Å²) in [5.74, 6) is 0.0249. The molecule has 2 amide bonds. The molecule has 6 heteroatoms. The zero-order valence-corrected chi connectivity index (χ0v) is 14.3. The number of amides is 2. The first-order valence-corrected chi connectivity index (χ1v) is 8.37. The molecule has 1 aliphatic carbocycles. The van der Waals surface area contributed by atoms with E-state index in [-0.39, 0.29) is 29.7 Å². The molecule has 0 unspecified atom stereocenters. The number of anilines is 1. The highest BCUT2D eigenvalue weighted by atomic mass is 16.5. The lowest BCUT2D eigenvalue weighted by atomic mass is 10.2. The number of aromatic nitrogens is 1. The molecule has 1 aliphatic rings. The van der Waals surface area contributed by atoms with E-state index in [2.05, 4.69) is 15.6 Å². The van der Waals surface area contributed by atoms with Crippen LogP contribution in [0.25, 0.3) is 0 Å². The van der Waals surface area contributed by atoms with Crippen molar-refractivity contribution in [1.29, 1.82) is 0 Å². The van der Waals surface area contributed by atoms with Crippen LogP contribution in [0.3, 0.4) is 0 Å². The van der Waals surface area contributed by atoms with Gasteiger partial charge in [0.15, 0.2) is 0 Å². The van der Waals surface area contributed by atoms with E-state index in [0.717, 1.165) is 12.8 Å². The quantitative estimate of drug-likeness (QED) is 0.848. The Morgan fingerprint density at radius 3 is 2.64 bits per heavy atom. The summed E-state index contributed by atoms with van der Waals surface area (Å²) in [4.78, 5) is 28.7. The molecule has 25 heavy (non-hydrogen) atoms. The fourth-order valence-electron chi connectivity index (χ4n) is 2.31. The second-order valence-corrected chi connectivity index (χ2v) is 6.29. The van der Waals surface area contributed by atoms with Gasteiger partial charge in [-0.05, 0) is 51.0 Å². The molecule has 0 bridgehead atoms. The van der Waals surface area contributed by atoms with Crippen LogP contribution in [0.5, 0.6) is 5.75 Å². The van der Waals surface area contributed by atoms with Gasteiger partial charge in [-0.2, -0.15) is 0 Å². The van der Waals surface area contributed by atoms with Gasteiger partial charge in [0.25, 0.3) is 11.8 Å². The Balaban J connectivity index is 1.74. The van der Waals surface area contributed by atoms with Crippen LogP contribution in [-0.2, 0) is 0 Å². The third-order valence-electron chi connectivity index (χ3n) is 3.67. The third kappa shape index (κ3) is 4.56. The molecule has 1 heterocycles. The average molecular weight is 339 g/mol. The van der Waals surface area contributed by atoms with E-state index < -0.39 is 0 Å². The van der Waals surface area contributed by atoms with Gasteiger partial charge in [-0.1, -0.05) is 12.1 Å². The normalized spacial score (nSPS) is 13.4. The average Bonchev–Trinajstić information content (AvgIpc) is 3.40. The molecular weight excluding hydrogens is 318 g/mol. The number of ether oxygens (including phenoxy) is 1. The molecule has 3 rings (SSSR count). The Labute approximate surface area is 146 Å². The van der Waals surface area contributed by atoms with Crippen LogP contribution >= 0.6 is 0 Å². The van der Waals surface area contributed by atoms with Gasteiger partial charge in [0.2, 0.25) is 0 Å². The van der Waals surface area contributed by atoms with E-state index in [1.165, 1.54) is 12.3 Å². The van der Waals surface area contributed by atoms with E-state index in [0.29, 0.717) is 17.0 Å². The Hall–Kier alpha value is -2.89. The highest BCUT2D eigenvalue weighted by Gasteiger charge is 2.24. The van der Waals surface area contributed by atoms with E-state index >= 15 is 0 Å². The van der Waals surface area contributed by atoms with Crippen LogP contribution < -0.4 is 15.4 Å². The van der Waals surface area contributed by atoms with Gasteiger partial charge >= 0.3 is 0 Å². The standard InChI is InChI=1S/C19H21N3O3/c1-12(2)25-17-6-4-3-5-15(17)22-19(24)16-11-13(9-10-20-16)18(23)21-14-7-8-14/h3-6,9-12,14H,7-8H2,1-2H3,(H,21,23)(H,22,24). The van der Waals surface area contributed by atoms with E-state index in [1.54, 1.807) is 18.2 Å². The molecule has 1 aromatic carbocycles. The van der Waals surface area contributed by atoms with Crippen LogP contribution in [-0.4, -0.2) is 28.9 Å². The Morgan fingerprint density at radius 1 is 1.16 bits per heavy atom. The molecule has 2 N–H and O–H groups in total. The minimum atomic E-state index is -0.388. The number of rotatable bonds is 6. The van der Waals surface area contributed by atoms with Crippen LogP contribution in [0, 0.1) is 0 Å². The number of carbonyl (C=O) groups excluding carboxylic acids is 2. The van der Waals surface area contributed by atoms with Crippen molar-refractivity contribution >= 4 is 17.5 Å². The first-order valence-electron chi connectivity index (χ1n) is 8.37. The number of para-hydroxylation sites is 2. The summed E-state index contributed by atoms with van der Waals surface area (Å²) in [5, 5.41) is 5.69. The SMILES string of the molecule is CC(C)Oc1ccccc1NC(=O)c1cc(C(=O)NC2CC2)ccn1. The lowest BCUT2D eigenvalue weighted by Crippen LogP contribution is -2.26. The Bertz CT molecular complexity index is 785. The summed E-state index contributed by atoms with van der Waals surface area (Å²) in [5.41, 5.74) is 1.18. The zero-order chi connectivity index (χ0) is 17.8. The molecule has 130 valence electrons. The Morgan fingerprint density at radius 2 is 1.92 bits per heavy atom. The first-order chi connectivity index (χ1) is 12.0. The van der Waals surface area contributed by atoms with Crippen molar-refractivity contribution in [3.63, 3.8) is 0 Å². The van der Waals surface area contributed by atoms with Crippen molar-refractivity contribution in [2.75, 3.05) is 5.32 Å². The highest BCUT2D eigenvalue weighted by molar-refractivity contribution is 6.05. The number of benzene rings is 1. The third-order valence-corrected chi connectivity index (χ3v) is 3.67. The number of hydrogen-bond acceptors (Lipinski definition) is 4. The zero-order valence-electron chi connectivity index (χ0n) is 14.3. The van der Waals surface area contributed by atoms with Gasteiger partial charge in [-0.15, -0.1) is 0 Å². The van der Waals surface area contributed by atoms with Crippen LogP contribution in [0.1, 0.15) is 47.5 Å². The fraction of sp³-hybridized carbons (Fsp3) is 0.316. The van der Waals surface area contributed by atoms with Crippen molar-refractivity contribution in [1.82, 2.24) is 10.3 Å². The maximum atomic E-state index is 12.5. The summed E-state index contributed by atoms with van der Waals surface area (Å²) >= 11 is 0. The van der Waals surface area contributed by atoms with Crippen LogP contribution in [0.4, 0.5) is 5.69 Å². The van der Waals surface area contributed by atoms with Gasteiger partial charge in [-0.25, -0.2) is 0 Å². The summed E-state index contributed by atoms with van der Waals surface area (Å²) in [7, 11) is 0. The number of carbonyl (C=O) groups is 2. The van der Waals surface area contributed by atoms with Gasteiger partial charge in [0.05, 0.1) is 11.8 Å². The largest absolute Gasteiger partial charge is 0.489 e. The fourth-order valence-corrected chi connectivity index (χ4v) is 2.31. The van der Waals surface area contributed by atoms with Crippen molar-refractivity contribution in [3.8, 4) is 5.75 Å². The first kappa shape index (κ1) is 17.0. The molecular formula is C19H21N3O3. The predicted molar refractivity (Wildman–Crippen MR) is 94.9 cm³/mol. The number of hydrogen-bond donors (Lipinski definition) is 2. The number of pyridine rings is 1. The van der Waals surface area contributed by atoms with Gasteiger partial charge in [-0.3, -0.25) is 14.6 Å². The molecule has 0 aliphatic heterocycles. The lowest BCUT2D eigenvalue weighted by molar-refractivity contribution is 0.0951. The van der Waals surface area contributed by atoms with E-state index in [4.69, 9.17) is 4.74 Å². The molecule has 6 nitrogen and oxygen atoms in total. The lowest BCUT2D eigenvalue weighted by Gasteiger charge is -2.14. The van der Waals surface area contributed by atoms with Crippen molar-refractivity contribution in [2.24, 2.45) is 0 Å². The van der Waals surface area contributed by atoms with E-state index in [9.17, 15) is 9.59 Å². The molecule has 1 saturated carbocycles. The van der Waals surface area contributed by atoms with Gasteiger partial charge < -0.3 is 15.4 Å². The number of nitrogens with one attached hydrogen (secondary N) is 2. The van der Waals surface area contributed by atoms with Gasteiger partial charge in [0, 0.05) is 17.8 Å². The van der Waals surface area contributed by atoms with Crippen LogP contribution in [0.15, 0.2) is 42.6 Å². The van der Waals surface area contributed by atoms with Crippen molar-refractivity contribution < 1.29 is 14.3 Å². The smallest absolute Gasteiger partial charge is 0.274 e. The predicted octanol–water partition coefficient (Wildman–Crippen LogP) is 3.01. The van der Waals surface area contributed by atoms with Crippen molar-refractivity contribution in [2.45, 2.75) is 38.8 Å². The molecule has 0 saturated heterocycles. The molecule has 0 atom stereocenters. The minimum absolute atomic E-state index is 0.00868. The maximum Gasteiger partial charge on any atom is 0.274 e. The maximum absolute atomic E-state index is 12.5. The molecule has 1 fully saturated rings. The highest BCUT2D eigenvalue weighted by Crippen LogP contribution is 2.25.